The zero-order chi connectivity index (χ0) is 25.5. The molecule has 2 aromatic rings. The molecule has 1 fully saturated rings. The number of thiazole rings is 1. The molecule has 0 unspecified atom stereocenters. The zero-order valence-corrected chi connectivity index (χ0v) is 22.0. The van der Waals surface area contributed by atoms with E-state index in [0.717, 1.165) is 78.5 Å². The van der Waals surface area contributed by atoms with Crippen LogP contribution in [0.3, 0.4) is 0 Å². The number of Topliss-reactive ketones (excluding diaryl/α,β-unsaturated/α-hetero) is 1. The van der Waals surface area contributed by atoms with Crippen LogP contribution < -0.4 is 4.74 Å². The summed E-state index contributed by atoms with van der Waals surface area (Å²) in [5, 5.41) is 1.02. The lowest BCUT2D eigenvalue weighted by atomic mass is 9.78. The molecule has 4 rings (SSSR count). The fraction of sp³-hybridized carbons (Fsp3) is 0.607. The Balaban J connectivity index is 1.17. The molecule has 0 N–H and O–H groups in total. The Hall–Kier alpha value is -2.19. The van der Waals surface area contributed by atoms with Crippen molar-refractivity contribution < 1.29 is 18.3 Å². The van der Waals surface area contributed by atoms with Gasteiger partial charge in [0.25, 0.3) is 0 Å². The number of ether oxygens (including phenoxy) is 1. The van der Waals surface area contributed by atoms with Crippen molar-refractivity contribution in [1.82, 2.24) is 14.9 Å². The summed E-state index contributed by atoms with van der Waals surface area (Å²) in [4.78, 5) is 24.7. The molecular weight excluding hydrogens is 480 g/mol. The van der Waals surface area contributed by atoms with Crippen LogP contribution in [0.5, 0.6) is 5.88 Å². The number of aromatic nitrogens is 2. The van der Waals surface area contributed by atoms with Crippen LogP contribution in [0.25, 0.3) is 0 Å². The maximum Gasteiger partial charge on any atom is 0.402 e. The molecule has 36 heavy (non-hydrogen) atoms. The molecule has 3 heterocycles. The second kappa shape index (κ2) is 12.4. The van der Waals surface area contributed by atoms with E-state index in [1.807, 2.05) is 19.2 Å². The Morgan fingerprint density at radius 1 is 1.22 bits per heavy atom. The van der Waals surface area contributed by atoms with Crippen LogP contribution in [-0.4, -0.2) is 46.4 Å². The predicted molar refractivity (Wildman–Crippen MR) is 139 cm³/mol. The van der Waals surface area contributed by atoms with Crippen LogP contribution >= 0.6 is 11.3 Å². The number of ketones is 1. The van der Waals surface area contributed by atoms with Gasteiger partial charge in [0.2, 0.25) is 5.88 Å². The molecule has 0 bridgehead atoms. The predicted octanol–water partition coefficient (Wildman–Crippen LogP) is 6.19. The van der Waals surface area contributed by atoms with Gasteiger partial charge in [0.15, 0.2) is 0 Å². The van der Waals surface area contributed by atoms with Crippen molar-refractivity contribution in [1.29, 1.82) is 0 Å². The largest absolute Gasteiger partial charge is 0.414 e. The number of carbonyl (C=O) groups is 1. The highest BCUT2D eigenvalue weighted by Gasteiger charge is 2.31. The average Bonchev–Trinajstić information content (AvgIpc) is 3.12. The van der Waals surface area contributed by atoms with Crippen molar-refractivity contribution in [3.05, 3.63) is 52.1 Å². The van der Waals surface area contributed by atoms with Gasteiger partial charge < -0.3 is 9.64 Å². The Kier molecular flexibility index (Phi) is 9.23. The Bertz CT molecular complexity index is 1030. The fourth-order valence-electron chi connectivity index (χ4n) is 5.42. The van der Waals surface area contributed by atoms with Crippen LogP contribution in [0.15, 0.2) is 31.0 Å². The first-order valence-corrected chi connectivity index (χ1v) is 13.9. The molecule has 1 aliphatic carbocycles. The van der Waals surface area contributed by atoms with Gasteiger partial charge in [0.05, 0.1) is 11.4 Å². The molecular formula is C28H37F2N3O2S. The van der Waals surface area contributed by atoms with E-state index < -0.39 is 12.5 Å². The van der Waals surface area contributed by atoms with Gasteiger partial charge in [-0.15, -0.1) is 17.9 Å². The number of aryl methyl sites for hydroxylation is 1. The molecule has 0 atom stereocenters. The highest BCUT2D eigenvalue weighted by molar-refractivity contribution is 7.11. The lowest BCUT2D eigenvalue weighted by Gasteiger charge is -2.30. The third-order valence-electron chi connectivity index (χ3n) is 7.42. The Morgan fingerprint density at radius 3 is 2.69 bits per heavy atom. The van der Waals surface area contributed by atoms with Gasteiger partial charge in [0.1, 0.15) is 5.78 Å². The Morgan fingerprint density at radius 2 is 1.97 bits per heavy atom. The fourth-order valence-corrected chi connectivity index (χ4v) is 6.24. The maximum atomic E-state index is 13.8. The minimum Gasteiger partial charge on any atom is -0.414 e. The van der Waals surface area contributed by atoms with Crippen molar-refractivity contribution in [2.24, 2.45) is 11.8 Å². The molecule has 0 aromatic carbocycles. The van der Waals surface area contributed by atoms with Gasteiger partial charge in [-0.25, -0.2) is 9.97 Å². The van der Waals surface area contributed by atoms with Crippen molar-refractivity contribution in [3.8, 4) is 5.88 Å². The van der Waals surface area contributed by atoms with Gasteiger partial charge in [-0.2, -0.15) is 8.78 Å². The van der Waals surface area contributed by atoms with Gasteiger partial charge in [0, 0.05) is 55.2 Å². The summed E-state index contributed by atoms with van der Waals surface area (Å²) < 4.78 is 32.4. The smallest absolute Gasteiger partial charge is 0.402 e. The van der Waals surface area contributed by atoms with Crippen molar-refractivity contribution >= 4 is 17.1 Å². The molecule has 0 spiro atoms. The van der Waals surface area contributed by atoms with E-state index in [0.29, 0.717) is 24.5 Å². The number of nitrogens with zero attached hydrogens (tertiary/aromatic N) is 3. The molecule has 0 saturated heterocycles. The van der Waals surface area contributed by atoms with Crippen LogP contribution in [0.2, 0.25) is 0 Å². The number of alkyl halides is 2. The average molecular weight is 518 g/mol. The van der Waals surface area contributed by atoms with E-state index in [-0.39, 0.29) is 5.88 Å². The summed E-state index contributed by atoms with van der Waals surface area (Å²) in [7, 11) is 0. The molecule has 1 aliphatic heterocycles. The minimum atomic E-state index is -3.28. The number of pyridine rings is 1. The summed E-state index contributed by atoms with van der Waals surface area (Å²) in [6.45, 7) is 8.23. The number of hydrogen-bond donors (Lipinski definition) is 0. The number of hydrogen-bond acceptors (Lipinski definition) is 6. The van der Waals surface area contributed by atoms with Crippen molar-refractivity contribution in [3.63, 3.8) is 0 Å². The summed E-state index contributed by atoms with van der Waals surface area (Å²) >= 11 is 1.62. The van der Waals surface area contributed by atoms with Crippen molar-refractivity contribution in [2.75, 3.05) is 19.6 Å². The van der Waals surface area contributed by atoms with E-state index in [4.69, 9.17) is 4.74 Å². The monoisotopic (exact) mass is 517 g/mol. The van der Waals surface area contributed by atoms with Gasteiger partial charge in [-0.3, -0.25) is 4.79 Å². The second-order valence-electron chi connectivity index (χ2n) is 10.3. The minimum absolute atomic E-state index is 0.0218. The van der Waals surface area contributed by atoms with Gasteiger partial charge in [-0.05, 0) is 56.6 Å². The molecule has 196 valence electrons. The van der Waals surface area contributed by atoms with Crippen LogP contribution in [0, 0.1) is 18.8 Å². The second-order valence-corrected chi connectivity index (χ2v) is 11.6. The van der Waals surface area contributed by atoms with E-state index in [1.54, 1.807) is 17.4 Å². The highest BCUT2D eigenvalue weighted by atomic mass is 32.1. The van der Waals surface area contributed by atoms with E-state index in [9.17, 15) is 13.6 Å². The van der Waals surface area contributed by atoms with E-state index in [1.165, 1.54) is 19.3 Å². The van der Waals surface area contributed by atoms with Gasteiger partial charge in [-0.1, -0.05) is 25.0 Å². The molecule has 0 amide bonds. The maximum absolute atomic E-state index is 13.8. The summed E-state index contributed by atoms with van der Waals surface area (Å²) in [5.41, 5.74) is 1.98. The quantitative estimate of drug-likeness (QED) is 0.333. The van der Waals surface area contributed by atoms with Crippen LogP contribution in [0.1, 0.15) is 66.1 Å². The third-order valence-corrected chi connectivity index (χ3v) is 8.33. The summed E-state index contributed by atoms with van der Waals surface area (Å²) in [6.07, 6.45) is 7.88. The zero-order valence-electron chi connectivity index (χ0n) is 21.2. The van der Waals surface area contributed by atoms with Crippen LogP contribution in [-0.2, 0) is 24.1 Å². The van der Waals surface area contributed by atoms with Crippen LogP contribution in [0.4, 0.5) is 8.78 Å². The molecule has 2 aliphatic rings. The normalized spacial score (nSPS) is 21.0. The van der Waals surface area contributed by atoms with Gasteiger partial charge >= 0.3 is 6.11 Å². The highest BCUT2D eigenvalue weighted by Crippen LogP contribution is 2.33. The first-order valence-electron chi connectivity index (χ1n) is 13.1. The number of carbonyl (C=O) groups excluding carboxylic acids is 1. The molecule has 5 nitrogen and oxygen atoms in total. The van der Waals surface area contributed by atoms with Crippen molar-refractivity contribution in [2.45, 2.75) is 77.2 Å². The molecule has 1 saturated carbocycles. The van der Waals surface area contributed by atoms with E-state index in [2.05, 4.69) is 21.4 Å². The standard InChI is InChI=1S/C28H37F2N3O2S/c1-3-13-28(29,30)35-27-9-8-23-11-15-33(16-12-26(23)32-27)14-10-21-4-6-22(7-5-21)17-24(34)18-25-19-31-20(2)36-25/h3,8-9,19,21-22H,1,4-7,10-18H2,2H3. The third kappa shape index (κ3) is 7.90. The SMILES string of the molecule is C=CCC(F)(F)Oc1ccc2c(n1)CCN(CCC1CCC(CC(=O)Cc3cnc(C)s3)CC1)CC2. The summed E-state index contributed by atoms with van der Waals surface area (Å²) in [6, 6.07) is 3.43. The lowest BCUT2D eigenvalue weighted by Crippen LogP contribution is -2.29. The number of fused-ring (bicyclic) bond motifs is 1. The summed E-state index contributed by atoms with van der Waals surface area (Å²) in [5.74, 6) is 1.57. The first-order chi connectivity index (χ1) is 17.3. The molecule has 2 aromatic heterocycles. The lowest BCUT2D eigenvalue weighted by molar-refractivity contribution is -0.174. The topological polar surface area (TPSA) is 55.3 Å². The number of rotatable bonds is 11. The first kappa shape index (κ1) is 26.9. The molecule has 0 radical (unpaired) electrons. The Labute approximate surface area is 217 Å². The van der Waals surface area contributed by atoms with E-state index >= 15 is 0 Å². The number of halogens is 2. The molecule has 8 heteroatoms.